The molecule has 1 aliphatic heterocycles. The van der Waals surface area contributed by atoms with Gasteiger partial charge in [0.1, 0.15) is 5.75 Å². The summed E-state index contributed by atoms with van der Waals surface area (Å²) in [6, 6.07) is 7.87. The van der Waals surface area contributed by atoms with Crippen molar-refractivity contribution in [3.8, 4) is 5.75 Å². The minimum Gasteiger partial charge on any atom is -0.494 e. The van der Waals surface area contributed by atoms with Gasteiger partial charge in [-0.2, -0.15) is 0 Å². The molecule has 0 unspecified atom stereocenters. The molecule has 1 heterocycles. The Labute approximate surface area is 144 Å². The number of ether oxygens (including phenoxy) is 2. The van der Waals surface area contributed by atoms with E-state index in [0.717, 1.165) is 51.4 Å². The second kappa shape index (κ2) is 10.9. The molecule has 0 atom stereocenters. The molecule has 1 aliphatic rings. The molecule has 2 amide bonds. The fraction of sp³-hybridized carbons (Fsp3) is 0.611. The highest BCUT2D eigenvalue weighted by Crippen LogP contribution is 2.11. The van der Waals surface area contributed by atoms with Gasteiger partial charge in [0.15, 0.2) is 0 Å². The lowest BCUT2D eigenvalue weighted by Crippen LogP contribution is -2.40. The van der Waals surface area contributed by atoms with E-state index in [9.17, 15) is 4.79 Å². The Morgan fingerprint density at radius 1 is 1.12 bits per heavy atom. The van der Waals surface area contributed by atoms with E-state index in [-0.39, 0.29) is 6.03 Å². The van der Waals surface area contributed by atoms with E-state index < -0.39 is 0 Å². The van der Waals surface area contributed by atoms with Crippen LogP contribution in [0.2, 0.25) is 0 Å². The molecule has 0 radical (unpaired) electrons. The van der Waals surface area contributed by atoms with Gasteiger partial charge in [0.2, 0.25) is 0 Å². The van der Waals surface area contributed by atoms with Crippen molar-refractivity contribution >= 4 is 6.03 Å². The van der Waals surface area contributed by atoms with Gasteiger partial charge >= 0.3 is 6.03 Å². The molecule has 0 aromatic heterocycles. The molecular weight excluding hydrogens is 306 g/mol. The number of nitrogens with one attached hydrogen (secondary N) is 2. The lowest BCUT2D eigenvalue weighted by atomic mass is 10.2. The maximum Gasteiger partial charge on any atom is 0.314 e. The van der Waals surface area contributed by atoms with Crippen molar-refractivity contribution < 1.29 is 14.3 Å². The van der Waals surface area contributed by atoms with E-state index in [1.165, 1.54) is 5.56 Å². The van der Waals surface area contributed by atoms with Gasteiger partial charge in [-0.1, -0.05) is 17.7 Å². The number of nitrogens with zero attached hydrogens (tertiary/aromatic N) is 1. The molecule has 134 valence electrons. The van der Waals surface area contributed by atoms with Crippen LogP contribution in [0.4, 0.5) is 4.79 Å². The highest BCUT2D eigenvalue weighted by molar-refractivity contribution is 5.73. The zero-order valence-corrected chi connectivity index (χ0v) is 14.6. The van der Waals surface area contributed by atoms with Crippen molar-refractivity contribution in [2.24, 2.45) is 0 Å². The third kappa shape index (κ3) is 7.66. The van der Waals surface area contributed by atoms with Crippen LogP contribution in [0.5, 0.6) is 5.75 Å². The third-order valence-electron chi connectivity index (χ3n) is 3.94. The summed E-state index contributed by atoms with van der Waals surface area (Å²) in [6.07, 6.45) is 1.75. The van der Waals surface area contributed by atoms with Gasteiger partial charge in [-0.15, -0.1) is 0 Å². The second-order valence-electron chi connectivity index (χ2n) is 6.01. The first kappa shape index (κ1) is 18.5. The molecule has 1 aromatic rings. The molecule has 2 N–H and O–H groups in total. The fourth-order valence-electron chi connectivity index (χ4n) is 2.49. The molecule has 1 aromatic carbocycles. The van der Waals surface area contributed by atoms with Gasteiger partial charge < -0.3 is 20.1 Å². The number of carbonyl (C=O) groups is 1. The van der Waals surface area contributed by atoms with E-state index in [4.69, 9.17) is 9.47 Å². The number of rotatable bonds is 9. The summed E-state index contributed by atoms with van der Waals surface area (Å²) in [7, 11) is 0. The van der Waals surface area contributed by atoms with E-state index >= 15 is 0 Å². The van der Waals surface area contributed by atoms with Gasteiger partial charge in [0.25, 0.3) is 0 Å². The fourth-order valence-corrected chi connectivity index (χ4v) is 2.49. The largest absolute Gasteiger partial charge is 0.494 e. The summed E-state index contributed by atoms with van der Waals surface area (Å²) in [4.78, 5) is 14.0. The number of amides is 2. The molecule has 0 spiro atoms. The number of hydrogen-bond acceptors (Lipinski definition) is 4. The number of carbonyl (C=O) groups excluding carboxylic acids is 1. The lowest BCUT2D eigenvalue weighted by molar-refractivity contribution is 0.0375. The molecule has 0 saturated carbocycles. The molecule has 1 fully saturated rings. The number of benzene rings is 1. The Morgan fingerprint density at radius 2 is 1.79 bits per heavy atom. The molecule has 24 heavy (non-hydrogen) atoms. The SMILES string of the molecule is Cc1ccc(OCCCNC(=O)NCCCN2CCOCC2)cc1. The van der Waals surface area contributed by atoms with Gasteiger partial charge in [0, 0.05) is 26.2 Å². The Morgan fingerprint density at radius 3 is 2.50 bits per heavy atom. The Bertz CT molecular complexity index is 473. The van der Waals surface area contributed by atoms with Crippen LogP contribution in [0.15, 0.2) is 24.3 Å². The Hall–Kier alpha value is -1.79. The molecule has 6 nitrogen and oxygen atoms in total. The number of urea groups is 1. The summed E-state index contributed by atoms with van der Waals surface area (Å²) in [5, 5.41) is 5.74. The van der Waals surface area contributed by atoms with Gasteiger partial charge in [0.05, 0.1) is 19.8 Å². The Kier molecular flexibility index (Phi) is 8.41. The van der Waals surface area contributed by atoms with Gasteiger partial charge in [-0.3, -0.25) is 4.90 Å². The van der Waals surface area contributed by atoms with Crippen LogP contribution in [0, 0.1) is 6.92 Å². The van der Waals surface area contributed by atoms with Crippen LogP contribution < -0.4 is 15.4 Å². The van der Waals surface area contributed by atoms with Crippen molar-refractivity contribution in [1.29, 1.82) is 0 Å². The summed E-state index contributed by atoms with van der Waals surface area (Å²) in [5.41, 5.74) is 1.22. The molecule has 2 rings (SSSR count). The molecule has 6 heteroatoms. The van der Waals surface area contributed by atoms with Crippen LogP contribution >= 0.6 is 0 Å². The quantitative estimate of drug-likeness (QED) is 0.676. The van der Waals surface area contributed by atoms with Gasteiger partial charge in [-0.25, -0.2) is 4.79 Å². The first-order valence-corrected chi connectivity index (χ1v) is 8.75. The minimum absolute atomic E-state index is 0.104. The maximum absolute atomic E-state index is 11.7. The summed E-state index contributed by atoms with van der Waals surface area (Å²) >= 11 is 0. The zero-order valence-electron chi connectivity index (χ0n) is 14.6. The number of aryl methyl sites for hydroxylation is 1. The maximum atomic E-state index is 11.7. The van der Waals surface area contributed by atoms with Crippen molar-refractivity contribution in [3.63, 3.8) is 0 Å². The van der Waals surface area contributed by atoms with E-state index in [2.05, 4.69) is 15.5 Å². The average Bonchev–Trinajstić information content (AvgIpc) is 2.61. The zero-order chi connectivity index (χ0) is 17.0. The van der Waals surface area contributed by atoms with Crippen LogP contribution in [0.3, 0.4) is 0 Å². The highest BCUT2D eigenvalue weighted by atomic mass is 16.5. The van der Waals surface area contributed by atoms with Crippen molar-refractivity contribution in [1.82, 2.24) is 15.5 Å². The first-order chi connectivity index (χ1) is 11.7. The van der Waals surface area contributed by atoms with E-state index in [1.807, 2.05) is 31.2 Å². The van der Waals surface area contributed by atoms with Crippen molar-refractivity contribution in [2.75, 3.05) is 52.5 Å². The summed E-state index contributed by atoms with van der Waals surface area (Å²) in [6.45, 7) is 8.59. The number of morpholine rings is 1. The third-order valence-corrected chi connectivity index (χ3v) is 3.94. The monoisotopic (exact) mass is 335 g/mol. The highest BCUT2D eigenvalue weighted by Gasteiger charge is 2.09. The van der Waals surface area contributed by atoms with E-state index in [1.54, 1.807) is 0 Å². The standard InChI is InChI=1S/C18H29N3O3/c1-16-4-6-17(7-5-16)24-13-3-9-20-18(22)19-8-2-10-21-11-14-23-15-12-21/h4-7H,2-3,8-15H2,1H3,(H2,19,20,22). The van der Waals surface area contributed by atoms with Crippen LogP contribution in [0.1, 0.15) is 18.4 Å². The van der Waals surface area contributed by atoms with Gasteiger partial charge in [-0.05, 0) is 38.4 Å². The summed E-state index contributed by atoms with van der Waals surface area (Å²) < 4.78 is 10.9. The number of hydrogen-bond donors (Lipinski definition) is 2. The van der Waals surface area contributed by atoms with E-state index in [0.29, 0.717) is 19.7 Å². The first-order valence-electron chi connectivity index (χ1n) is 8.75. The molecule has 1 saturated heterocycles. The predicted octanol–water partition coefficient (Wildman–Crippen LogP) is 1.79. The second-order valence-corrected chi connectivity index (χ2v) is 6.01. The summed E-state index contributed by atoms with van der Waals surface area (Å²) in [5.74, 6) is 0.869. The Balaban J connectivity index is 1.42. The van der Waals surface area contributed by atoms with Crippen LogP contribution in [0.25, 0.3) is 0 Å². The molecule has 0 bridgehead atoms. The van der Waals surface area contributed by atoms with Crippen molar-refractivity contribution in [3.05, 3.63) is 29.8 Å². The smallest absolute Gasteiger partial charge is 0.314 e. The van der Waals surface area contributed by atoms with Crippen molar-refractivity contribution in [2.45, 2.75) is 19.8 Å². The van der Waals surface area contributed by atoms with Crippen LogP contribution in [-0.4, -0.2) is 63.5 Å². The van der Waals surface area contributed by atoms with Crippen LogP contribution in [-0.2, 0) is 4.74 Å². The average molecular weight is 335 g/mol. The predicted molar refractivity (Wildman–Crippen MR) is 94.6 cm³/mol. The lowest BCUT2D eigenvalue weighted by Gasteiger charge is -2.26. The normalized spacial score (nSPS) is 15.0. The topological polar surface area (TPSA) is 62.8 Å². The minimum atomic E-state index is -0.104. The molecular formula is C18H29N3O3. The molecule has 0 aliphatic carbocycles.